The molecule has 0 amide bonds. The first kappa shape index (κ1) is 21.4. The number of hydrogen-bond acceptors (Lipinski definition) is 7. The molecule has 0 saturated heterocycles. The summed E-state index contributed by atoms with van der Waals surface area (Å²) in [6.07, 6.45) is 5.45. The van der Waals surface area contributed by atoms with Crippen LogP contribution in [0.3, 0.4) is 0 Å². The SMILES string of the molecule is C[C@]12CC[C@H](O)C[C@@]1(O)CC[C@@H]1[C@@H]2CC[C@]2(C)[C@@H](C3=CC(=O)OC3)[C@@H](OC=O)C[C@]12O. The summed E-state index contributed by atoms with van der Waals surface area (Å²) in [5.74, 6) is -0.559. The van der Waals surface area contributed by atoms with Crippen molar-refractivity contribution < 1.29 is 34.4 Å². The van der Waals surface area contributed by atoms with Crippen LogP contribution in [0.2, 0.25) is 0 Å². The summed E-state index contributed by atoms with van der Waals surface area (Å²) >= 11 is 0. The first-order valence-electron chi connectivity index (χ1n) is 11.7. The van der Waals surface area contributed by atoms with Crippen LogP contribution in [0.5, 0.6) is 0 Å². The van der Waals surface area contributed by atoms with Gasteiger partial charge in [-0.1, -0.05) is 13.8 Å². The van der Waals surface area contributed by atoms with Crippen molar-refractivity contribution in [2.24, 2.45) is 28.6 Å². The van der Waals surface area contributed by atoms with Crippen molar-refractivity contribution in [1.29, 1.82) is 0 Å². The zero-order valence-electron chi connectivity index (χ0n) is 18.4. The maximum Gasteiger partial charge on any atom is 0.331 e. The first-order chi connectivity index (χ1) is 14.6. The molecule has 4 fully saturated rings. The Bertz CT molecular complexity index is 825. The van der Waals surface area contributed by atoms with E-state index in [-0.39, 0.29) is 35.7 Å². The van der Waals surface area contributed by atoms with Crippen LogP contribution in [0, 0.1) is 28.6 Å². The number of hydrogen-bond donors (Lipinski definition) is 3. The fourth-order valence-corrected chi connectivity index (χ4v) is 8.63. The van der Waals surface area contributed by atoms with Gasteiger partial charge >= 0.3 is 5.97 Å². The highest BCUT2D eigenvalue weighted by Crippen LogP contribution is 2.70. The van der Waals surface area contributed by atoms with E-state index < -0.39 is 28.8 Å². The Kier molecular flexibility index (Phi) is 4.68. The number of aliphatic hydroxyl groups excluding tert-OH is 1. The van der Waals surface area contributed by atoms with Crippen LogP contribution in [-0.2, 0) is 19.1 Å². The van der Waals surface area contributed by atoms with Gasteiger partial charge in [0.1, 0.15) is 12.7 Å². The minimum atomic E-state index is -1.07. The molecule has 7 heteroatoms. The Labute approximate surface area is 182 Å². The molecule has 1 heterocycles. The number of esters is 1. The minimum absolute atomic E-state index is 0.0341. The molecular formula is C24H34O7. The molecule has 0 radical (unpaired) electrons. The maximum atomic E-state index is 12.3. The van der Waals surface area contributed by atoms with Gasteiger partial charge in [0.15, 0.2) is 0 Å². The number of fused-ring (bicyclic) bond motifs is 5. The Morgan fingerprint density at radius 2 is 1.77 bits per heavy atom. The van der Waals surface area contributed by atoms with Crippen LogP contribution < -0.4 is 0 Å². The zero-order valence-corrected chi connectivity index (χ0v) is 18.4. The lowest BCUT2D eigenvalue weighted by molar-refractivity contribution is -0.254. The van der Waals surface area contributed by atoms with Gasteiger partial charge in [-0.05, 0) is 61.3 Å². The molecule has 0 unspecified atom stereocenters. The molecule has 3 N–H and O–H groups in total. The van der Waals surface area contributed by atoms with Gasteiger partial charge in [-0.15, -0.1) is 0 Å². The zero-order chi connectivity index (χ0) is 22.2. The lowest BCUT2D eigenvalue weighted by Crippen LogP contribution is -2.67. The van der Waals surface area contributed by atoms with Crippen molar-refractivity contribution in [3.63, 3.8) is 0 Å². The summed E-state index contributed by atoms with van der Waals surface area (Å²) in [5.41, 5.74) is -2.10. The number of aliphatic hydroxyl groups is 3. The number of carbonyl (C=O) groups excluding carboxylic acids is 2. The van der Waals surface area contributed by atoms with Gasteiger partial charge in [-0.3, -0.25) is 4.79 Å². The Morgan fingerprint density at radius 3 is 2.45 bits per heavy atom. The smallest absolute Gasteiger partial charge is 0.331 e. The second-order valence-electron chi connectivity index (χ2n) is 11.3. The van der Waals surface area contributed by atoms with Crippen molar-refractivity contribution in [3.8, 4) is 0 Å². The van der Waals surface area contributed by atoms with Gasteiger partial charge in [0.25, 0.3) is 6.47 Å². The van der Waals surface area contributed by atoms with Gasteiger partial charge in [0.2, 0.25) is 0 Å². The van der Waals surface area contributed by atoms with Gasteiger partial charge in [0.05, 0.1) is 17.3 Å². The summed E-state index contributed by atoms with van der Waals surface area (Å²) in [7, 11) is 0. The standard InChI is InChI=1S/C24H34O7/c1-21-6-3-15(26)10-23(21,28)8-5-17-16(21)4-7-22(2)20(14-9-19(27)30-12-14)18(31-13-25)11-24(17,22)29/h9,13,15-18,20,26,28-29H,3-8,10-12H2,1-2H3/t15-,16-,17+,18-,20-,21+,22+,23-,24-/m0/s1. The van der Waals surface area contributed by atoms with E-state index in [1.807, 2.05) is 0 Å². The fourth-order valence-electron chi connectivity index (χ4n) is 8.63. The number of rotatable bonds is 3. The Balaban J connectivity index is 1.54. The molecule has 9 atom stereocenters. The molecule has 172 valence electrons. The third-order valence-corrected chi connectivity index (χ3v) is 10.3. The second kappa shape index (κ2) is 6.78. The number of cyclic esters (lactones) is 1. The van der Waals surface area contributed by atoms with Crippen molar-refractivity contribution >= 4 is 12.4 Å². The molecule has 31 heavy (non-hydrogen) atoms. The molecule has 5 aliphatic rings. The van der Waals surface area contributed by atoms with E-state index in [9.17, 15) is 24.9 Å². The van der Waals surface area contributed by atoms with Crippen molar-refractivity contribution in [2.45, 2.75) is 88.6 Å². The van der Waals surface area contributed by atoms with Crippen LogP contribution in [0.15, 0.2) is 11.6 Å². The normalized spacial score (nSPS) is 53.6. The fraction of sp³-hybridized carbons (Fsp3) is 0.833. The second-order valence-corrected chi connectivity index (χ2v) is 11.3. The molecule has 0 spiro atoms. The minimum Gasteiger partial charge on any atom is -0.464 e. The molecule has 1 aliphatic heterocycles. The van der Waals surface area contributed by atoms with E-state index in [0.29, 0.717) is 45.0 Å². The Hall–Kier alpha value is -1.44. The molecule has 5 rings (SSSR count). The molecule has 4 saturated carbocycles. The maximum absolute atomic E-state index is 12.3. The van der Waals surface area contributed by atoms with Crippen molar-refractivity contribution in [3.05, 3.63) is 11.6 Å². The third-order valence-electron chi connectivity index (χ3n) is 10.3. The van der Waals surface area contributed by atoms with Gasteiger partial charge in [-0.25, -0.2) is 4.79 Å². The quantitative estimate of drug-likeness (QED) is 0.459. The summed E-state index contributed by atoms with van der Waals surface area (Å²) in [6, 6.07) is 0. The molecule has 4 aliphatic carbocycles. The topological polar surface area (TPSA) is 113 Å². The molecule has 0 bridgehead atoms. The molecule has 7 nitrogen and oxygen atoms in total. The van der Waals surface area contributed by atoms with Crippen molar-refractivity contribution in [1.82, 2.24) is 0 Å². The van der Waals surface area contributed by atoms with Crippen LogP contribution >= 0.6 is 0 Å². The van der Waals surface area contributed by atoms with E-state index in [4.69, 9.17) is 9.47 Å². The highest BCUT2D eigenvalue weighted by molar-refractivity contribution is 5.85. The number of ether oxygens (including phenoxy) is 2. The highest BCUT2D eigenvalue weighted by Gasteiger charge is 2.72. The van der Waals surface area contributed by atoms with Gasteiger partial charge in [-0.2, -0.15) is 0 Å². The van der Waals surface area contributed by atoms with E-state index in [1.165, 1.54) is 6.08 Å². The Morgan fingerprint density at radius 1 is 1.06 bits per heavy atom. The molecule has 0 aromatic heterocycles. The van der Waals surface area contributed by atoms with Gasteiger partial charge in [0, 0.05) is 30.3 Å². The van der Waals surface area contributed by atoms with Crippen LogP contribution in [0.25, 0.3) is 0 Å². The largest absolute Gasteiger partial charge is 0.464 e. The monoisotopic (exact) mass is 434 g/mol. The van der Waals surface area contributed by atoms with E-state index in [0.717, 1.165) is 18.4 Å². The average molecular weight is 435 g/mol. The predicted molar refractivity (Wildman–Crippen MR) is 110 cm³/mol. The average Bonchev–Trinajstić information content (AvgIpc) is 3.21. The molecule has 0 aromatic carbocycles. The van der Waals surface area contributed by atoms with E-state index in [2.05, 4.69) is 13.8 Å². The summed E-state index contributed by atoms with van der Waals surface area (Å²) in [4.78, 5) is 23.1. The van der Waals surface area contributed by atoms with Crippen LogP contribution in [-0.4, -0.2) is 57.8 Å². The highest BCUT2D eigenvalue weighted by atomic mass is 16.5. The van der Waals surface area contributed by atoms with E-state index in [1.54, 1.807) is 0 Å². The van der Waals surface area contributed by atoms with Crippen molar-refractivity contribution in [2.75, 3.05) is 6.61 Å². The third kappa shape index (κ3) is 2.69. The lowest BCUT2D eigenvalue weighted by Gasteiger charge is -2.65. The molecule has 0 aromatic rings. The van der Waals surface area contributed by atoms with Crippen LogP contribution in [0.4, 0.5) is 0 Å². The summed E-state index contributed by atoms with van der Waals surface area (Å²) in [6.45, 7) is 4.83. The summed E-state index contributed by atoms with van der Waals surface area (Å²) in [5, 5.41) is 34.1. The molecular weight excluding hydrogens is 400 g/mol. The first-order valence-corrected chi connectivity index (χ1v) is 11.7. The number of carbonyl (C=O) groups is 2. The predicted octanol–water partition coefficient (Wildman–Crippen LogP) is 1.87. The summed E-state index contributed by atoms with van der Waals surface area (Å²) < 4.78 is 10.7. The van der Waals surface area contributed by atoms with Gasteiger partial charge < -0.3 is 24.8 Å². The van der Waals surface area contributed by atoms with E-state index >= 15 is 0 Å². The lowest BCUT2D eigenvalue weighted by atomic mass is 9.42. The van der Waals surface area contributed by atoms with Crippen LogP contribution in [0.1, 0.15) is 65.2 Å².